The SMILES string of the molecule is CC1CCCN1c1ncc(-c2cccc(NC(=O)C(C)n3cnc4c3c(=O)n(C)c(=O)n4C)c2)cn1. The maximum absolute atomic E-state index is 13.1. The Kier molecular flexibility index (Phi) is 5.91. The molecule has 0 spiro atoms. The van der Waals surface area contributed by atoms with Gasteiger partial charge in [0.1, 0.15) is 6.04 Å². The van der Waals surface area contributed by atoms with Gasteiger partial charge in [-0.25, -0.2) is 19.7 Å². The molecule has 1 aromatic carbocycles. The molecule has 1 fully saturated rings. The van der Waals surface area contributed by atoms with Crippen LogP contribution in [0.15, 0.2) is 52.6 Å². The normalized spacial score (nSPS) is 16.4. The van der Waals surface area contributed by atoms with E-state index in [0.29, 0.717) is 11.7 Å². The summed E-state index contributed by atoms with van der Waals surface area (Å²) in [5.41, 5.74) is 1.78. The number of aryl methyl sites for hydroxylation is 1. The van der Waals surface area contributed by atoms with E-state index in [0.717, 1.165) is 41.0 Å². The second-order valence-corrected chi connectivity index (χ2v) is 9.23. The molecular weight excluding hydrogens is 460 g/mol. The van der Waals surface area contributed by atoms with Crippen LogP contribution >= 0.6 is 0 Å². The van der Waals surface area contributed by atoms with Crippen molar-refractivity contribution in [2.24, 2.45) is 14.1 Å². The quantitative estimate of drug-likeness (QED) is 0.457. The van der Waals surface area contributed by atoms with Crippen LogP contribution in [0.1, 0.15) is 32.7 Å². The van der Waals surface area contributed by atoms with E-state index in [2.05, 4.69) is 32.1 Å². The van der Waals surface area contributed by atoms with Crippen LogP contribution in [-0.2, 0) is 18.9 Å². The van der Waals surface area contributed by atoms with Crippen molar-refractivity contribution >= 4 is 28.7 Å². The summed E-state index contributed by atoms with van der Waals surface area (Å²) in [6.07, 6.45) is 7.30. The Hall–Kier alpha value is -4.28. The maximum Gasteiger partial charge on any atom is 0.332 e. The Labute approximate surface area is 207 Å². The summed E-state index contributed by atoms with van der Waals surface area (Å²) >= 11 is 0. The van der Waals surface area contributed by atoms with Crippen molar-refractivity contribution in [1.82, 2.24) is 28.7 Å². The zero-order valence-corrected chi connectivity index (χ0v) is 20.7. The lowest BCUT2D eigenvalue weighted by Gasteiger charge is -2.21. The third-order valence-electron chi connectivity index (χ3n) is 6.88. The van der Waals surface area contributed by atoms with E-state index < -0.39 is 17.3 Å². The van der Waals surface area contributed by atoms with Crippen LogP contribution in [0.5, 0.6) is 0 Å². The molecule has 1 aliphatic rings. The molecule has 0 radical (unpaired) electrons. The highest BCUT2D eigenvalue weighted by molar-refractivity contribution is 5.95. The van der Waals surface area contributed by atoms with Gasteiger partial charge in [0, 0.05) is 50.3 Å². The number of amides is 1. The Bertz CT molecular complexity index is 1570. The minimum Gasteiger partial charge on any atom is -0.338 e. The predicted molar refractivity (Wildman–Crippen MR) is 137 cm³/mol. The van der Waals surface area contributed by atoms with Crippen molar-refractivity contribution in [1.29, 1.82) is 0 Å². The highest BCUT2D eigenvalue weighted by atomic mass is 16.2. The lowest BCUT2D eigenvalue weighted by Crippen LogP contribution is -2.38. The Morgan fingerprint density at radius 2 is 1.83 bits per heavy atom. The van der Waals surface area contributed by atoms with Crippen molar-refractivity contribution in [3.63, 3.8) is 0 Å². The summed E-state index contributed by atoms with van der Waals surface area (Å²) in [6.45, 7) is 4.83. The summed E-state index contributed by atoms with van der Waals surface area (Å²) < 4.78 is 3.79. The van der Waals surface area contributed by atoms with E-state index in [1.54, 1.807) is 32.4 Å². The van der Waals surface area contributed by atoms with Gasteiger partial charge in [-0.1, -0.05) is 12.1 Å². The average Bonchev–Trinajstić information content (AvgIpc) is 3.52. The molecule has 1 aliphatic heterocycles. The molecule has 0 bridgehead atoms. The van der Waals surface area contributed by atoms with Crippen molar-refractivity contribution in [2.45, 2.75) is 38.8 Å². The molecule has 186 valence electrons. The molecule has 5 rings (SSSR count). The van der Waals surface area contributed by atoms with E-state index >= 15 is 0 Å². The number of aromatic nitrogens is 6. The van der Waals surface area contributed by atoms with Gasteiger partial charge >= 0.3 is 5.69 Å². The van der Waals surface area contributed by atoms with Crippen molar-refractivity contribution < 1.29 is 4.79 Å². The number of anilines is 2. The molecule has 36 heavy (non-hydrogen) atoms. The van der Waals surface area contributed by atoms with E-state index in [9.17, 15) is 14.4 Å². The van der Waals surface area contributed by atoms with E-state index in [1.165, 1.54) is 22.5 Å². The van der Waals surface area contributed by atoms with Crippen LogP contribution in [-0.4, -0.2) is 47.1 Å². The van der Waals surface area contributed by atoms with Crippen LogP contribution in [0.25, 0.3) is 22.3 Å². The van der Waals surface area contributed by atoms with Crippen LogP contribution < -0.4 is 21.5 Å². The van der Waals surface area contributed by atoms with Gasteiger partial charge < -0.3 is 14.8 Å². The zero-order chi connectivity index (χ0) is 25.6. The fourth-order valence-electron chi connectivity index (χ4n) is 4.66. The fourth-order valence-corrected chi connectivity index (χ4v) is 4.66. The fraction of sp³-hybridized carbons (Fsp3) is 0.360. The number of nitrogens with zero attached hydrogens (tertiary/aromatic N) is 7. The molecule has 4 aromatic rings. The smallest absolute Gasteiger partial charge is 0.332 e. The third kappa shape index (κ3) is 3.96. The minimum absolute atomic E-state index is 0.195. The van der Waals surface area contributed by atoms with Gasteiger partial charge in [-0.2, -0.15) is 0 Å². The molecule has 0 saturated carbocycles. The van der Waals surface area contributed by atoms with E-state index in [4.69, 9.17) is 0 Å². The van der Waals surface area contributed by atoms with Gasteiger partial charge in [-0.3, -0.25) is 18.7 Å². The number of rotatable bonds is 5. The molecular formula is C25H28N8O3. The first-order valence-electron chi connectivity index (χ1n) is 11.9. The molecule has 2 unspecified atom stereocenters. The Morgan fingerprint density at radius 3 is 2.53 bits per heavy atom. The highest BCUT2D eigenvalue weighted by Gasteiger charge is 2.23. The first kappa shape index (κ1) is 23.5. The standard InChI is InChI=1S/C25H28N8O3/c1-15-7-6-10-32(15)24-26-12-18(13-27-24)17-8-5-9-19(11-17)29-22(34)16(2)33-14-28-21-20(33)23(35)31(4)25(36)30(21)3/h5,8-9,11-16H,6-7,10H2,1-4H3,(H,29,34). The molecule has 11 nitrogen and oxygen atoms in total. The lowest BCUT2D eigenvalue weighted by atomic mass is 10.1. The van der Waals surface area contributed by atoms with Gasteiger partial charge in [0.25, 0.3) is 5.56 Å². The van der Waals surface area contributed by atoms with Crippen molar-refractivity contribution in [3.8, 4) is 11.1 Å². The van der Waals surface area contributed by atoms with E-state index in [-0.39, 0.29) is 17.1 Å². The van der Waals surface area contributed by atoms with Crippen molar-refractivity contribution in [2.75, 3.05) is 16.8 Å². The maximum atomic E-state index is 13.1. The van der Waals surface area contributed by atoms with Gasteiger partial charge in [-0.05, 0) is 44.4 Å². The zero-order valence-electron chi connectivity index (χ0n) is 20.7. The molecule has 1 amide bonds. The molecule has 2 atom stereocenters. The number of carbonyl (C=O) groups is 1. The number of benzene rings is 1. The lowest BCUT2D eigenvalue weighted by molar-refractivity contribution is -0.118. The summed E-state index contributed by atoms with van der Waals surface area (Å²) in [6, 6.07) is 7.14. The third-order valence-corrected chi connectivity index (χ3v) is 6.88. The molecule has 4 heterocycles. The van der Waals surface area contributed by atoms with Crippen LogP contribution in [0.2, 0.25) is 0 Å². The Morgan fingerprint density at radius 1 is 1.08 bits per heavy atom. The van der Waals surface area contributed by atoms with Gasteiger partial charge in [0.15, 0.2) is 11.2 Å². The number of nitrogens with one attached hydrogen (secondary N) is 1. The second kappa shape index (κ2) is 9.06. The molecule has 1 saturated heterocycles. The van der Waals surface area contributed by atoms with Crippen LogP contribution in [0.4, 0.5) is 11.6 Å². The van der Waals surface area contributed by atoms with E-state index in [1.807, 2.05) is 18.2 Å². The predicted octanol–water partition coefficient (Wildman–Crippen LogP) is 2.08. The van der Waals surface area contributed by atoms with Gasteiger partial charge in [0.05, 0.1) is 6.33 Å². The number of imidazole rings is 1. The molecule has 1 N–H and O–H groups in total. The topological polar surface area (TPSA) is 120 Å². The van der Waals surface area contributed by atoms with Gasteiger partial charge in [0.2, 0.25) is 11.9 Å². The average molecular weight is 489 g/mol. The minimum atomic E-state index is -0.742. The monoisotopic (exact) mass is 488 g/mol. The van der Waals surface area contributed by atoms with Gasteiger partial charge in [-0.15, -0.1) is 0 Å². The van der Waals surface area contributed by atoms with Crippen LogP contribution in [0.3, 0.4) is 0 Å². The summed E-state index contributed by atoms with van der Waals surface area (Å²) in [5.74, 6) is 0.412. The molecule has 3 aromatic heterocycles. The number of fused-ring (bicyclic) bond motifs is 1. The summed E-state index contributed by atoms with van der Waals surface area (Å²) in [5, 5.41) is 2.91. The Balaban J connectivity index is 1.37. The van der Waals surface area contributed by atoms with Crippen molar-refractivity contribution in [3.05, 3.63) is 63.8 Å². The number of hydrogen-bond donors (Lipinski definition) is 1. The first-order chi connectivity index (χ1) is 17.3. The highest BCUT2D eigenvalue weighted by Crippen LogP contribution is 2.26. The summed E-state index contributed by atoms with van der Waals surface area (Å²) in [4.78, 5) is 53.6. The first-order valence-corrected chi connectivity index (χ1v) is 11.9. The largest absolute Gasteiger partial charge is 0.338 e. The molecule has 11 heteroatoms. The summed E-state index contributed by atoms with van der Waals surface area (Å²) in [7, 11) is 2.94. The number of hydrogen-bond acceptors (Lipinski definition) is 7. The molecule has 0 aliphatic carbocycles. The van der Waals surface area contributed by atoms with Crippen LogP contribution in [0, 0.1) is 0 Å². The number of carbonyl (C=O) groups excluding carboxylic acids is 1. The second-order valence-electron chi connectivity index (χ2n) is 9.23.